The van der Waals surface area contributed by atoms with Gasteiger partial charge in [-0.25, -0.2) is 0 Å². The fraction of sp³-hybridized carbons (Fsp3) is 1.00. The van der Waals surface area contributed by atoms with Crippen LogP contribution in [0.15, 0.2) is 0 Å². The molecule has 0 bridgehead atoms. The zero-order valence-corrected chi connectivity index (χ0v) is 14.1. The third-order valence-electron chi connectivity index (χ3n) is 6.34. The average molecular weight is 298 g/mol. The van der Waals surface area contributed by atoms with Gasteiger partial charge >= 0.3 is 0 Å². The molecule has 2 nitrogen and oxygen atoms in total. The first-order valence-electron chi connectivity index (χ1n) is 8.63. The molecule has 2 heterocycles. The van der Waals surface area contributed by atoms with E-state index in [1.54, 1.807) is 0 Å². The number of hydrogen-bond acceptors (Lipinski definition) is 3. The van der Waals surface area contributed by atoms with E-state index in [9.17, 15) is 0 Å². The van der Waals surface area contributed by atoms with E-state index in [2.05, 4.69) is 31.1 Å². The largest absolute Gasteiger partial charge is 0.374 e. The SMILES string of the molecule is CCC1(C(NC)C2CCOC3(CCSC3)C2)CCCC1. The molecule has 1 saturated carbocycles. The normalized spacial score (nSPS) is 38.4. The number of rotatable bonds is 4. The summed E-state index contributed by atoms with van der Waals surface area (Å²) in [4.78, 5) is 0. The van der Waals surface area contributed by atoms with Crippen molar-refractivity contribution in [1.29, 1.82) is 0 Å². The molecule has 0 radical (unpaired) electrons. The molecule has 20 heavy (non-hydrogen) atoms. The van der Waals surface area contributed by atoms with Crippen molar-refractivity contribution in [3.63, 3.8) is 0 Å². The number of nitrogens with one attached hydrogen (secondary N) is 1. The Kier molecular flexibility index (Phi) is 4.69. The summed E-state index contributed by atoms with van der Waals surface area (Å²) in [6, 6.07) is 0.710. The minimum absolute atomic E-state index is 0.232. The van der Waals surface area contributed by atoms with Crippen LogP contribution in [0.25, 0.3) is 0 Å². The van der Waals surface area contributed by atoms with Gasteiger partial charge in [-0.3, -0.25) is 0 Å². The highest BCUT2D eigenvalue weighted by Gasteiger charge is 2.48. The fourth-order valence-electron chi connectivity index (χ4n) is 5.22. The van der Waals surface area contributed by atoms with Gasteiger partial charge in [0.15, 0.2) is 0 Å². The summed E-state index contributed by atoms with van der Waals surface area (Å²) in [7, 11) is 2.20. The van der Waals surface area contributed by atoms with Crippen LogP contribution >= 0.6 is 11.8 Å². The summed E-state index contributed by atoms with van der Waals surface area (Å²) in [5.41, 5.74) is 0.805. The van der Waals surface area contributed by atoms with E-state index in [-0.39, 0.29) is 5.60 Å². The van der Waals surface area contributed by atoms with Crippen molar-refractivity contribution in [3.8, 4) is 0 Å². The Labute approximate surface area is 128 Å². The molecule has 2 aliphatic heterocycles. The van der Waals surface area contributed by atoms with Gasteiger partial charge in [0.05, 0.1) is 5.60 Å². The monoisotopic (exact) mass is 297 g/mol. The summed E-state index contributed by atoms with van der Waals surface area (Å²) < 4.78 is 6.23. The van der Waals surface area contributed by atoms with Crippen molar-refractivity contribution < 1.29 is 4.74 Å². The number of thioether (sulfide) groups is 1. The lowest BCUT2D eigenvalue weighted by molar-refractivity contribution is -0.0936. The van der Waals surface area contributed by atoms with E-state index in [0.717, 1.165) is 12.5 Å². The molecule has 3 fully saturated rings. The van der Waals surface area contributed by atoms with Gasteiger partial charge in [-0.05, 0) is 62.7 Å². The zero-order chi connectivity index (χ0) is 14.1. The molecule has 0 aromatic heterocycles. The van der Waals surface area contributed by atoms with E-state index in [1.807, 2.05) is 0 Å². The second kappa shape index (κ2) is 6.18. The van der Waals surface area contributed by atoms with Gasteiger partial charge in [-0.15, -0.1) is 0 Å². The predicted octanol–water partition coefficient (Wildman–Crippen LogP) is 3.85. The second-order valence-corrected chi connectivity index (χ2v) is 8.38. The topological polar surface area (TPSA) is 21.3 Å². The van der Waals surface area contributed by atoms with Gasteiger partial charge in [0.2, 0.25) is 0 Å². The van der Waals surface area contributed by atoms with E-state index in [4.69, 9.17) is 4.74 Å². The smallest absolute Gasteiger partial charge is 0.0783 e. The highest BCUT2D eigenvalue weighted by Crippen LogP contribution is 2.50. The molecule has 3 heteroatoms. The molecule has 3 aliphatic rings. The van der Waals surface area contributed by atoms with Crippen molar-refractivity contribution in [1.82, 2.24) is 5.32 Å². The van der Waals surface area contributed by atoms with Crippen LogP contribution in [0.2, 0.25) is 0 Å². The maximum absolute atomic E-state index is 6.23. The maximum Gasteiger partial charge on any atom is 0.0783 e. The predicted molar refractivity (Wildman–Crippen MR) is 87.4 cm³/mol. The van der Waals surface area contributed by atoms with Gasteiger partial charge in [0.25, 0.3) is 0 Å². The zero-order valence-electron chi connectivity index (χ0n) is 13.2. The Morgan fingerprint density at radius 2 is 2.10 bits per heavy atom. The van der Waals surface area contributed by atoms with Crippen molar-refractivity contribution >= 4 is 11.8 Å². The van der Waals surface area contributed by atoms with Gasteiger partial charge < -0.3 is 10.1 Å². The molecular formula is C17H31NOS. The lowest BCUT2D eigenvalue weighted by Crippen LogP contribution is -2.52. The number of hydrogen-bond donors (Lipinski definition) is 1. The first-order chi connectivity index (χ1) is 9.74. The Balaban J connectivity index is 1.75. The second-order valence-electron chi connectivity index (χ2n) is 7.28. The maximum atomic E-state index is 6.23. The molecule has 1 spiro atoms. The van der Waals surface area contributed by atoms with Crippen LogP contribution in [0.4, 0.5) is 0 Å². The van der Waals surface area contributed by atoms with Crippen molar-refractivity contribution in [2.75, 3.05) is 25.2 Å². The van der Waals surface area contributed by atoms with Crippen LogP contribution < -0.4 is 5.32 Å². The fourth-order valence-corrected chi connectivity index (χ4v) is 6.60. The molecular weight excluding hydrogens is 266 g/mol. The molecule has 116 valence electrons. The molecule has 3 atom stereocenters. The summed E-state index contributed by atoms with van der Waals surface area (Å²) in [6.07, 6.45) is 10.9. The first kappa shape index (κ1) is 15.2. The van der Waals surface area contributed by atoms with Crippen LogP contribution in [-0.4, -0.2) is 36.8 Å². The Hall–Kier alpha value is 0.270. The summed E-state index contributed by atoms with van der Waals surface area (Å²) >= 11 is 2.09. The van der Waals surface area contributed by atoms with Crippen molar-refractivity contribution in [3.05, 3.63) is 0 Å². The lowest BCUT2D eigenvalue weighted by Gasteiger charge is -2.47. The quantitative estimate of drug-likeness (QED) is 0.851. The van der Waals surface area contributed by atoms with E-state index in [1.165, 1.54) is 62.9 Å². The highest BCUT2D eigenvalue weighted by molar-refractivity contribution is 7.99. The lowest BCUT2D eigenvalue weighted by atomic mass is 9.67. The highest BCUT2D eigenvalue weighted by atomic mass is 32.2. The van der Waals surface area contributed by atoms with E-state index >= 15 is 0 Å². The van der Waals surface area contributed by atoms with Crippen LogP contribution in [0.1, 0.15) is 58.3 Å². The standard InChI is InChI=1S/C17H31NOS/c1-3-16(7-4-5-8-16)15(18-2)14-6-10-19-17(12-14)9-11-20-13-17/h14-15,18H,3-13H2,1-2H3. The van der Waals surface area contributed by atoms with Crippen LogP contribution in [-0.2, 0) is 4.74 Å². The van der Waals surface area contributed by atoms with E-state index in [0.29, 0.717) is 11.5 Å². The third kappa shape index (κ3) is 2.66. The molecule has 1 aliphatic carbocycles. The molecule has 0 aromatic rings. The van der Waals surface area contributed by atoms with Crippen molar-refractivity contribution in [2.24, 2.45) is 11.3 Å². The minimum atomic E-state index is 0.232. The van der Waals surface area contributed by atoms with Gasteiger partial charge in [0, 0.05) is 18.4 Å². The molecule has 0 amide bonds. The third-order valence-corrected chi connectivity index (χ3v) is 7.57. The van der Waals surface area contributed by atoms with Gasteiger partial charge in [-0.2, -0.15) is 11.8 Å². The van der Waals surface area contributed by atoms with Crippen LogP contribution in [0.3, 0.4) is 0 Å². The van der Waals surface area contributed by atoms with Crippen LogP contribution in [0.5, 0.6) is 0 Å². The number of ether oxygens (including phenoxy) is 1. The first-order valence-corrected chi connectivity index (χ1v) is 9.78. The molecule has 3 unspecified atom stereocenters. The van der Waals surface area contributed by atoms with Crippen LogP contribution in [0, 0.1) is 11.3 Å². The Bertz CT molecular complexity index is 321. The van der Waals surface area contributed by atoms with Crippen molar-refractivity contribution in [2.45, 2.75) is 69.9 Å². The summed E-state index contributed by atoms with van der Waals surface area (Å²) in [5.74, 6) is 3.36. The van der Waals surface area contributed by atoms with Gasteiger partial charge in [-0.1, -0.05) is 19.8 Å². The summed E-state index contributed by atoms with van der Waals surface area (Å²) in [5, 5.41) is 3.75. The van der Waals surface area contributed by atoms with Gasteiger partial charge in [0.1, 0.15) is 0 Å². The summed E-state index contributed by atoms with van der Waals surface area (Å²) in [6.45, 7) is 3.40. The molecule has 1 N–H and O–H groups in total. The van der Waals surface area contributed by atoms with E-state index < -0.39 is 0 Å². The minimum Gasteiger partial charge on any atom is -0.374 e. The average Bonchev–Trinajstić information content (AvgIpc) is 3.11. The Morgan fingerprint density at radius 1 is 1.30 bits per heavy atom. The Morgan fingerprint density at radius 3 is 2.70 bits per heavy atom. The molecule has 0 aromatic carbocycles. The molecule has 3 rings (SSSR count). The molecule has 2 saturated heterocycles.